The van der Waals surface area contributed by atoms with Crippen molar-refractivity contribution in [3.8, 4) is 0 Å². The second-order valence-corrected chi connectivity index (χ2v) is 22.8. The minimum Gasteiger partial charge on any atom is -0.462 e. The number of carbonyl (C=O) groups excluding carboxylic acids is 3. The Kier molecular flexibility index (Phi) is 25.6. The van der Waals surface area contributed by atoms with Gasteiger partial charge < -0.3 is 30.2 Å². The quantitative estimate of drug-likeness (QED) is 0.0479. The number of hydrogen-bond acceptors (Lipinski definition) is 9. The lowest BCUT2D eigenvalue weighted by Gasteiger charge is -2.23. The first kappa shape index (κ1) is 62.1. The summed E-state index contributed by atoms with van der Waals surface area (Å²) in [7, 11) is 0. The lowest BCUT2D eigenvalue weighted by molar-refractivity contribution is 0.0517. The van der Waals surface area contributed by atoms with Crippen molar-refractivity contribution >= 4 is 50.9 Å². The number of carbonyl (C=O) groups is 3. The number of ether oxygens (including phenoxy) is 3. The van der Waals surface area contributed by atoms with Crippen molar-refractivity contribution in [3.63, 3.8) is 0 Å². The monoisotopic (exact) mass is 1170 g/mol. The highest BCUT2D eigenvalue weighted by molar-refractivity contribution is 9.10. The molecule has 3 aliphatic carbocycles. The summed E-state index contributed by atoms with van der Waals surface area (Å²) in [5.41, 5.74) is 11.5. The maximum Gasteiger partial charge on any atom is 0.338 e. The Balaban J connectivity index is 0.000000175. The lowest BCUT2D eigenvalue weighted by Crippen LogP contribution is -2.12. The molecule has 3 N–H and O–H groups in total. The molecule has 0 aromatic heterocycles. The fourth-order valence-electron chi connectivity index (χ4n) is 11.3. The summed E-state index contributed by atoms with van der Waals surface area (Å²) in [6, 6.07) is 38.9. The summed E-state index contributed by atoms with van der Waals surface area (Å²) in [4.78, 5) is 36.4. The third-order valence-corrected chi connectivity index (χ3v) is 16.3. The highest BCUT2D eigenvalue weighted by atomic mass is 79.9. The SMILES string of the molecule is CCOC(=O)c1ccc(CC2CCCCC2)c(NCc2ccc(Br)cc2)c1.CCOC(=O)c1ccc(CC2CCCCC2)c(NCc2ccc(F)cc2)c1.CCOC(=O)c1ccc(CC2CCCCC2)c(NCc2cccc(F)c2)c1. The van der Waals surface area contributed by atoms with Crippen molar-refractivity contribution in [2.75, 3.05) is 35.8 Å². The average molecular weight is 1170 g/mol. The van der Waals surface area contributed by atoms with E-state index in [4.69, 9.17) is 14.2 Å². The number of rotatable bonds is 21. The number of anilines is 3. The zero-order valence-corrected chi connectivity index (χ0v) is 49.5. The molecule has 6 aromatic carbocycles. The second kappa shape index (κ2) is 33.4. The normalized spacial score (nSPS) is 14.7. The molecule has 3 aliphatic rings. The molecule has 81 heavy (non-hydrogen) atoms. The Labute approximate surface area is 488 Å². The molecule has 0 aliphatic heterocycles. The molecule has 0 unspecified atom stereocenters. The predicted octanol–water partition coefficient (Wildman–Crippen LogP) is 17.8. The highest BCUT2D eigenvalue weighted by Gasteiger charge is 2.21. The molecule has 12 heteroatoms. The number of benzene rings is 6. The van der Waals surface area contributed by atoms with E-state index in [-0.39, 0.29) is 29.5 Å². The van der Waals surface area contributed by atoms with Crippen LogP contribution in [0, 0.1) is 29.4 Å². The van der Waals surface area contributed by atoms with Gasteiger partial charge in [-0.3, -0.25) is 0 Å². The zero-order valence-electron chi connectivity index (χ0n) is 47.9. The third kappa shape index (κ3) is 20.8. The molecule has 6 aromatic rings. The third-order valence-electron chi connectivity index (χ3n) is 15.7. The van der Waals surface area contributed by atoms with E-state index < -0.39 is 0 Å². The molecule has 3 fully saturated rings. The maximum absolute atomic E-state index is 13.4. The molecule has 0 radical (unpaired) electrons. The molecule has 9 nitrogen and oxygen atoms in total. The van der Waals surface area contributed by atoms with Gasteiger partial charge in [0.15, 0.2) is 0 Å². The fraction of sp³-hybridized carbons (Fsp3) is 0.435. The van der Waals surface area contributed by atoms with Gasteiger partial charge in [0.1, 0.15) is 11.6 Å². The topological polar surface area (TPSA) is 115 Å². The fourth-order valence-corrected chi connectivity index (χ4v) is 11.6. The molecule has 9 rings (SSSR count). The average Bonchev–Trinajstić information content (AvgIpc) is 3.48. The minimum absolute atomic E-state index is 0.235. The Morgan fingerprint density at radius 1 is 0.420 bits per heavy atom. The number of halogens is 3. The van der Waals surface area contributed by atoms with Crippen LogP contribution in [0.1, 0.15) is 182 Å². The van der Waals surface area contributed by atoms with Gasteiger partial charge in [0.2, 0.25) is 0 Å². The van der Waals surface area contributed by atoms with E-state index in [1.165, 1.54) is 143 Å². The van der Waals surface area contributed by atoms with Gasteiger partial charge >= 0.3 is 17.9 Å². The van der Waals surface area contributed by atoms with Gasteiger partial charge in [0, 0.05) is 41.2 Å². The second-order valence-electron chi connectivity index (χ2n) is 21.8. The van der Waals surface area contributed by atoms with Gasteiger partial charge in [-0.05, 0) is 164 Å². The van der Waals surface area contributed by atoms with Crippen LogP contribution in [-0.4, -0.2) is 37.7 Å². The molecule has 0 heterocycles. The van der Waals surface area contributed by atoms with E-state index in [2.05, 4.69) is 62.2 Å². The molecule has 0 saturated heterocycles. The molecule has 0 atom stereocenters. The van der Waals surface area contributed by atoms with Gasteiger partial charge in [-0.2, -0.15) is 0 Å². The van der Waals surface area contributed by atoms with Gasteiger partial charge in [0.25, 0.3) is 0 Å². The van der Waals surface area contributed by atoms with E-state index in [9.17, 15) is 23.2 Å². The molecular formula is C69H84BrF2N3O6. The zero-order chi connectivity index (χ0) is 57.2. The van der Waals surface area contributed by atoms with E-state index in [0.717, 1.165) is 64.4 Å². The predicted molar refractivity (Wildman–Crippen MR) is 327 cm³/mol. The minimum atomic E-state index is -0.310. The standard InChI is InChI=1S/C23H28BrNO2.2C23H28FNO2/c1-2-27-23(26)20-11-10-19(14-17-6-4-3-5-7-17)22(15-20)25-16-18-8-12-21(24)13-9-18;1-2-27-23(26)20-12-11-19(13-17-7-4-3-5-8-17)22(15-20)25-16-18-9-6-10-21(24)14-18;1-2-27-23(26)20-11-10-19(14-17-6-4-3-5-7-17)22(15-20)25-16-18-8-12-21(24)13-9-18/h8-13,15,17,25H,2-7,14,16H2,1H3;6,9-12,14-15,17,25H,2-5,7-8,13,16H2,1H3;8-13,15,17,25H,2-7,14,16H2,1H3. The van der Waals surface area contributed by atoms with Crippen LogP contribution in [-0.2, 0) is 53.1 Å². The van der Waals surface area contributed by atoms with Crippen molar-refractivity contribution in [2.24, 2.45) is 17.8 Å². The Bertz CT molecular complexity index is 2770. The first-order valence-electron chi connectivity index (χ1n) is 29.8. The molecular weight excluding hydrogens is 1080 g/mol. The Morgan fingerprint density at radius 2 is 0.765 bits per heavy atom. The van der Waals surface area contributed by atoms with Gasteiger partial charge in [-0.25, -0.2) is 23.2 Å². The van der Waals surface area contributed by atoms with Crippen LogP contribution in [0.4, 0.5) is 25.8 Å². The summed E-state index contributed by atoms with van der Waals surface area (Å²) in [5, 5.41) is 10.4. The summed E-state index contributed by atoms with van der Waals surface area (Å²) >= 11 is 3.48. The molecule has 3 saturated carbocycles. The number of esters is 3. The van der Waals surface area contributed by atoms with Gasteiger partial charge in [-0.1, -0.05) is 167 Å². The maximum atomic E-state index is 13.4. The van der Waals surface area contributed by atoms with E-state index in [1.807, 2.05) is 68.4 Å². The molecule has 0 amide bonds. The molecule has 0 spiro atoms. The Hall–Kier alpha value is -6.53. The molecule has 432 valence electrons. The van der Waals surface area contributed by atoms with Crippen LogP contribution in [0.2, 0.25) is 0 Å². The van der Waals surface area contributed by atoms with Crippen molar-refractivity contribution in [2.45, 2.75) is 156 Å². The first-order valence-corrected chi connectivity index (χ1v) is 30.6. The van der Waals surface area contributed by atoms with Crippen LogP contribution in [0.25, 0.3) is 0 Å². The van der Waals surface area contributed by atoms with E-state index in [1.54, 1.807) is 25.1 Å². The lowest BCUT2D eigenvalue weighted by atomic mass is 9.84. The first-order chi connectivity index (χ1) is 39.5. The summed E-state index contributed by atoms with van der Waals surface area (Å²) < 4.78 is 43.1. The van der Waals surface area contributed by atoms with Crippen molar-refractivity contribution in [1.29, 1.82) is 0 Å². The van der Waals surface area contributed by atoms with Crippen molar-refractivity contribution in [3.05, 3.63) is 194 Å². The summed E-state index contributed by atoms with van der Waals surface area (Å²) in [6.45, 7) is 8.40. The van der Waals surface area contributed by atoms with Gasteiger partial charge in [0.05, 0.1) is 36.5 Å². The summed E-state index contributed by atoms with van der Waals surface area (Å²) in [6.07, 6.45) is 22.8. The van der Waals surface area contributed by atoms with Crippen LogP contribution in [0.3, 0.4) is 0 Å². The largest absolute Gasteiger partial charge is 0.462 e. The van der Waals surface area contributed by atoms with Gasteiger partial charge in [-0.15, -0.1) is 0 Å². The number of hydrogen-bond donors (Lipinski definition) is 3. The smallest absolute Gasteiger partial charge is 0.338 e. The van der Waals surface area contributed by atoms with Crippen molar-refractivity contribution < 1.29 is 37.4 Å². The van der Waals surface area contributed by atoms with E-state index in [0.29, 0.717) is 61.4 Å². The van der Waals surface area contributed by atoms with Crippen LogP contribution >= 0.6 is 15.9 Å². The van der Waals surface area contributed by atoms with Crippen molar-refractivity contribution in [1.82, 2.24) is 0 Å². The molecule has 0 bridgehead atoms. The van der Waals surface area contributed by atoms with E-state index >= 15 is 0 Å². The number of nitrogens with one attached hydrogen (secondary N) is 3. The van der Waals surface area contributed by atoms with Crippen LogP contribution < -0.4 is 16.0 Å². The highest BCUT2D eigenvalue weighted by Crippen LogP contribution is 2.34. The summed E-state index contributed by atoms with van der Waals surface area (Å²) in [5.74, 6) is 0.814. The Morgan fingerprint density at radius 3 is 1.11 bits per heavy atom. The van der Waals surface area contributed by atoms with Crippen LogP contribution in [0.5, 0.6) is 0 Å². The van der Waals surface area contributed by atoms with Crippen LogP contribution in [0.15, 0.2) is 132 Å².